The highest BCUT2D eigenvalue weighted by atomic mass is 16.2. The summed E-state index contributed by atoms with van der Waals surface area (Å²) in [5.74, 6) is -0.255. The maximum absolute atomic E-state index is 13.1. The molecule has 0 atom stereocenters. The summed E-state index contributed by atoms with van der Waals surface area (Å²) >= 11 is 0. The van der Waals surface area contributed by atoms with Crippen LogP contribution in [0.25, 0.3) is 0 Å². The van der Waals surface area contributed by atoms with E-state index < -0.39 is 0 Å². The molecule has 0 radical (unpaired) electrons. The van der Waals surface area contributed by atoms with Crippen molar-refractivity contribution in [2.75, 3.05) is 32.7 Å². The van der Waals surface area contributed by atoms with Crippen molar-refractivity contribution in [3.05, 3.63) is 52.8 Å². The van der Waals surface area contributed by atoms with Gasteiger partial charge in [-0.05, 0) is 57.8 Å². The fraction of sp³-hybridized carbons (Fsp3) is 0.560. The number of nitrogens with one attached hydrogen (secondary N) is 1. The van der Waals surface area contributed by atoms with Gasteiger partial charge in [-0.3, -0.25) is 14.3 Å². The van der Waals surface area contributed by atoms with Gasteiger partial charge in [0.15, 0.2) is 5.69 Å². The van der Waals surface area contributed by atoms with Crippen LogP contribution in [-0.4, -0.2) is 64.1 Å². The van der Waals surface area contributed by atoms with Gasteiger partial charge in [-0.25, -0.2) is 0 Å². The lowest BCUT2D eigenvalue weighted by Gasteiger charge is -2.20. The quantitative estimate of drug-likeness (QED) is 0.675. The van der Waals surface area contributed by atoms with Crippen molar-refractivity contribution in [3.63, 3.8) is 0 Å². The molecule has 7 nitrogen and oxygen atoms in total. The van der Waals surface area contributed by atoms with E-state index in [1.165, 1.54) is 44.3 Å². The van der Waals surface area contributed by atoms with E-state index in [0.717, 1.165) is 24.9 Å². The van der Waals surface area contributed by atoms with Gasteiger partial charge in [0.1, 0.15) is 5.69 Å². The number of aryl methyl sites for hydroxylation is 2. The number of carbonyl (C=O) groups excluding carboxylic acids is 2. The van der Waals surface area contributed by atoms with Gasteiger partial charge in [0, 0.05) is 32.2 Å². The molecule has 2 amide bonds. The number of nitrogens with zero attached hydrogens (tertiary/aromatic N) is 4. The second kappa shape index (κ2) is 10.8. The van der Waals surface area contributed by atoms with Gasteiger partial charge in [-0.2, -0.15) is 5.10 Å². The van der Waals surface area contributed by atoms with Crippen LogP contribution in [0.2, 0.25) is 0 Å². The Labute approximate surface area is 190 Å². The molecule has 172 valence electrons. The van der Waals surface area contributed by atoms with E-state index in [1.807, 2.05) is 4.90 Å². The van der Waals surface area contributed by atoms with E-state index in [9.17, 15) is 9.59 Å². The van der Waals surface area contributed by atoms with E-state index in [1.54, 1.807) is 10.7 Å². The third-order valence-electron chi connectivity index (χ3n) is 6.45. The zero-order valence-electron chi connectivity index (χ0n) is 19.2. The number of amides is 2. The fourth-order valence-electron chi connectivity index (χ4n) is 4.56. The molecule has 32 heavy (non-hydrogen) atoms. The van der Waals surface area contributed by atoms with Crippen LogP contribution >= 0.6 is 0 Å². The number of aromatic nitrogens is 2. The first kappa shape index (κ1) is 22.5. The molecule has 2 aliphatic heterocycles. The molecule has 0 aliphatic carbocycles. The van der Waals surface area contributed by atoms with E-state index >= 15 is 0 Å². The molecule has 2 aromatic rings. The summed E-state index contributed by atoms with van der Waals surface area (Å²) < 4.78 is 1.70. The second-order valence-corrected chi connectivity index (χ2v) is 9.07. The Hall–Kier alpha value is -2.67. The van der Waals surface area contributed by atoms with Crippen molar-refractivity contribution in [1.82, 2.24) is 24.9 Å². The van der Waals surface area contributed by atoms with Crippen LogP contribution in [0.1, 0.15) is 70.6 Å². The first-order valence-electron chi connectivity index (χ1n) is 12.0. The van der Waals surface area contributed by atoms with Gasteiger partial charge in [0.2, 0.25) is 0 Å². The Kier molecular flexibility index (Phi) is 7.58. The molecule has 1 N–H and O–H groups in total. The molecule has 1 saturated heterocycles. The molecule has 0 spiro atoms. The highest BCUT2D eigenvalue weighted by molar-refractivity contribution is 5.98. The van der Waals surface area contributed by atoms with E-state index in [2.05, 4.69) is 46.5 Å². The Morgan fingerprint density at radius 3 is 2.50 bits per heavy atom. The zero-order valence-corrected chi connectivity index (χ0v) is 19.2. The molecule has 0 bridgehead atoms. The summed E-state index contributed by atoms with van der Waals surface area (Å²) in [7, 11) is 0. The number of carbonyl (C=O) groups is 2. The topological polar surface area (TPSA) is 70.5 Å². The molecule has 1 aromatic heterocycles. The number of hydrogen-bond donors (Lipinski definition) is 1. The number of hydrogen-bond acceptors (Lipinski definition) is 4. The third kappa shape index (κ3) is 5.76. The summed E-state index contributed by atoms with van der Waals surface area (Å²) in [5, 5.41) is 7.43. The Morgan fingerprint density at radius 2 is 1.75 bits per heavy atom. The predicted octanol–water partition coefficient (Wildman–Crippen LogP) is 3.23. The summed E-state index contributed by atoms with van der Waals surface area (Å²) in [6.07, 6.45) is 6.98. The standard InChI is InChI=1S/C25H35N5O2/c1-20-8-10-21(11-9-20)19-29-16-7-17-30-23(25(29)32)18-22(27-30)24(31)26-12-6-15-28-13-4-2-3-5-14-28/h8-11,18H,2-7,12-17,19H2,1H3,(H,26,31). The molecule has 1 fully saturated rings. The lowest BCUT2D eigenvalue weighted by molar-refractivity contribution is 0.0745. The summed E-state index contributed by atoms with van der Waals surface area (Å²) in [6, 6.07) is 9.92. The van der Waals surface area contributed by atoms with Crippen molar-refractivity contribution in [3.8, 4) is 0 Å². The zero-order chi connectivity index (χ0) is 22.3. The van der Waals surface area contributed by atoms with Crippen LogP contribution in [0.5, 0.6) is 0 Å². The maximum atomic E-state index is 13.1. The van der Waals surface area contributed by atoms with E-state index in [4.69, 9.17) is 0 Å². The molecular formula is C25H35N5O2. The maximum Gasteiger partial charge on any atom is 0.272 e. The second-order valence-electron chi connectivity index (χ2n) is 9.07. The van der Waals surface area contributed by atoms with Gasteiger partial charge in [0.05, 0.1) is 0 Å². The third-order valence-corrected chi connectivity index (χ3v) is 6.45. The molecular weight excluding hydrogens is 402 g/mol. The number of benzene rings is 1. The minimum absolute atomic E-state index is 0.0595. The monoisotopic (exact) mass is 437 g/mol. The van der Waals surface area contributed by atoms with Crippen molar-refractivity contribution in [2.45, 2.75) is 58.5 Å². The first-order chi connectivity index (χ1) is 15.6. The van der Waals surface area contributed by atoms with Gasteiger partial charge < -0.3 is 15.1 Å². The lowest BCUT2D eigenvalue weighted by Crippen LogP contribution is -2.31. The Morgan fingerprint density at radius 1 is 1.00 bits per heavy atom. The van der Waals surface area contributed by atoms with Gasteiger partial charge in [-0.1, -0.05) is 42.7 Å². The fourth-order valence-corrected chi connectivity index (χ4v) is 4.56. The Bertz CT molecular complexity index is 913. The molecule has 4 rings (SSSR count). The summed E-state index contributed by atoms with van der Waals surface area (Å²) in [5.41, 5.74) is 3.15. The Balaban J connectivity index is 1.32. The van der Waals surface area contributed by atoms with Crippen LogP contribution in [0.3, 0.4) is 0 Å². The molecule has 0 saturated carbocycles. The highest BCUT2D eigenvalue weighted by Crippen LogP contribution is 2.17. The lowest BCUT2D eigenvalue weighted by atomic mass is 10.1. The first-order valence-corrected chi connectivity index (χ1v) is 12.0. The van der Waals surface area contributed by atoms with Crippen LogP contribution in [0, 0.1) is 6.92 Å². The highest BCUT2D eigenvalue weighted by Gasteiger charge is 2.26. The van der Waals surface area contributed by atoms with Crippen LogP contribution < -0.4 is 5.32 Å². The number of likely N-dealkylation sites (tertiary alicyclic amines) is 1. The smallest absolute Gasteiger partial charge is 0.272 e. The van der Waals surface area contributed by atoms with Gasteiger partial charge >= 0.3 is 0 Å². The van der Waals surface area contributed by atoms with Crippen LogP contribution in [0.4, 0.5) is 0 Å². The summed E-state index contributed by atoms with van der Waals surface area (Å²) in [6.45, 7) is 7.95. The number of fused-ring (bicyclic) bond motifs is 1. The molecule has 3 heterocycles. The van der Waals surface area contributed by atoms with Gasteiger partial charge in [0.25, 0.3) is 11.8 Å². The average molecular weight is 438 g/mol. The molecule has 1 aromatic carbocycles. The van der Waals surface area contributed by atoms with E-state index in [0.29, 0.717) is 37.6 Å². The van der Waals surface area contributed by atoms with Gasteiger partial charge in [-0.15, -0.1) is 0 Å². The minimum Gasteiger partial charge on any atom is -0.351 e. The van der Waals surface area contributed by atoms with Crippen LogP contribution in [-0.2, 0) is 13.1 Å². The molecule has 7 heteroatoms. The van der Waals surface area contributed by atoms with E-state index in [-0.39, 0.29) is 11.8 Å². The number of rotatable bonds is 7. The minimum atomic E-state index is -0.195. The van der Waals surface area contributed by atoms with Crippen molar-refractivity contribution in [1.29, 1.82) is 0 Å². The predicted molar refractivity (Wildman–Crippen MR) is 125 cm³/mol. The molecule has 0 unspecified atom stereocenters. The van der Waals surface area contributed by atoms with Crippen molar-refractivity contribution < 1.29 is 9.59 Å². The normalized spacial score (nSPS) is 17.5. The van der Waals surface area contributed by atoms with Crippen molar-refractivity contribution in [2.24, 2.45) is 0 Å². The average Bonchev–Trinajstić information content (AvgIpc) is 2.96. The largest absolute Gasteiger partial charge is 0.351 e. The van der Waals surface area contributed by atoms with Crippen LogP contribution in [0.15, 0.2) is 30.3 Å². The summed E-state index contributed by atoms with van der Waals surface area (Å²) in [4.78, 5) is 30.1. The van der Waals surface area contributed by atoms with Crippen molar-refractivity contribution >= 4 is 11.8 Å². The SMILES string of the molecule is Cc1ccc(CN2CCCn3nc(C(=O)NCCCN4CCCCCC4)cc3C2=O)cc1. The molecule has 2 aliphatic rings.